The molecule has 2 aromatic heterocycles. The minimum atomic E-state index is 0.251. The molecule has 2 heterocycles. The van der Waals surface area contributed by atoms with Gasteiger partial charge in [-0.1, -0.05) is 12.1 Å². The number of thiazole rings is 1. The average Bonchev–Trinajstić information content (AvgIpc) is 2.98. The van der Waals surface area contributed by atoms with Crippen molar-refractivity contribution in [1.29, 1.82) is 0 Å². The highest BCUT2D eigenvalue weighted by molar-refractivity contribution is 7.80. The third kappa shape index (κ3) is 3.24. The van der Waals surface area contributed by atoms with Crippen LogP contribution in [-0.4, -0.2) is 15.1 Å². The Bertz CT molecular complexity index is 768. The minimum Gasteiger partial charge on any atom is -0.376 e. The van der Waals surface area contributed by atoms with Gasteiger partial charge in [0.15, 0.2) is 5.11 Å². The molecule has 0 aliphatic heterocycles. The lowest BCUT2D eigenvalue weighted by molar-refractivity contribution is 1.31. The summed E-state index contributed by atoms with van der Waals surface area (Å²) in [7, 11) is 0. The van der Waals surface area contributed by atoms with E-state index in [-0.39, 0.29) is 5.11 Å². The van der Waals surface area contributed by atoms with E-state index in [2.05, 4.69) is 15.3 Å². The van der Waals surface area contributed by atoms with Crippen molar-refractivity contribution in [2.24, 2.45) is 5.73 Å². The molecule has 0 unspecified atom stereocenters. The Balaban J connectivity index is 1.91. The maximum absolute atomic E-state index is 5.49. The summed E-state index contributed by atoms with van der Waals surface area (Å²) in [6.07, 6.45) is 3.57. The maximum atomic E-state index is 5.49. The van der Waals surface area contributed by atoms with Crippen LogP contribution in [0.3, 0.4) is 0 Å². The SMILES string of the molecule is NC(=S)Nc1cccc(-c2csc(-c3cccnc3)n2)c1. The Morgan fingerprint density at radius 1 is 1.19 bits per heavy atom. The molecule has 0 radical (unpaired) electrons. The summed E-state index contributed by atoms with van der Waals surface area (Å²) in [6.45, 7) is 0. The number of pyridine rings is 1. The van der Waals surface area contributed by atoms with Crippen LogP contribution in [0.2, 0.25) is 0 Å². The van der Waals surface area contributed by atoms with Crippen molar-refractivity contribution >= 4 is 34.4 Å². The molecular weight excluding hydrogens is 300 g/mol. The Labute approximate surface area is 131 Å². The zero-order chi connectivity index (χ0) is 14.7. The highest BCUT2D eigenvalue weighted by atomic mass is 32.1. The Kier molecular flexibility index (Phi) is 3.89. The van der Waals surface area contributed by atoms with Gasteiger partial charge in [0.2, 0.25) is 0 Å². The zero-order valence-electron chi connectivity index (χ0n) is 11.0. The van der Waals surface area contributed by atoms with E-state index in [0.717, 1.165) is 27.5 Å². The summed E-state index contributed by atoms with van der Waals surface area (Å²) in [4.78, 5) is 8.78. The number of nitrogens with two attached hydrogens (primary N) is 1. The summed E-state index contributed by atoms with van der Waals surface area (Å²) in [6, 6.07) is 11.7. The molecule has 0 bridgehead atoms. The monoisotopic (exact) mass is 312 g/mol. The molecule has 3 aromatic rings. The van der Waals surface area contributed by atoms with E-state index in [1.165, 1.54) is 0 Å². The fourth-order valence-corrected chi connectivity index (χ4v) is 2.86. The quantitative estimate of drug-likeness (QED) is 0.724. The van der Waals surface area contributed by atoms with Crippen molar-refractivity contribution in [2.45, 2.75) is 0 Å². The van der Waals surface area contributed by atoms with Crippen LogP contribution in [0.5, 0.6) is 0 Å². The first kappa shape index (κ1) is 13.7. The van der Waals surface area contributed by atoms with Crippen LogP contribution in [0.15, 0.2) is 54.2 Å². The summed E-state index contributed by atoms with van der Waals surface area (Å²) in [5.41, 5.74) is 9.31. The molecule has 1 aromatic carbocycles. The lowest BCUT2D eigenvalue weighted by atomic mass is 10.1. The van der Waals surface area contributed by atoms with Crippen LogP contribution >= 0.6 is 23.6 Å². The standard InChI is InChI=1S/C15H12N4S2/c16-15(20)18-12-5-1-3-10(7-12)13-9-21-14(19-13)11-4-2-6-17-8-11/h1-9H,(H3,16,18,20). The van der Waals surface area contributed by atoms with Gasteiger partial charge in [0.05, 0.1) is 5.69 Å². The van der Waals surface area contributed by atoms with Gasteiger partial charge in [-0.05, 0) is 36.5 Å². The van der Waals surface area contributed by atoms with Crippen LogP contribution in [0.4, 0.5) is 5.69 Å². The van der Waals surface area contributed by atoms with Gasteiger partial charge >= 0.3 is 0 Å². The molecule has 3 rings (SSSR count). The molecule has 0 saturated heterocycles. The van der Waals surface area contributed by atoms with E-state index in [1.54, 1.807) is 17.5 Å². The predicted molar refractivity (Wildman–Crippen MR) is 91.2 cm³/mol. The van der Waals surface area contributed by atoms with Crippen molar-refractivity contribution in [3.05, 3.63) is 54.2 Å². The number of rotatable bonds is 3. The molecule has 0 saturated carbocycles. The first-order chi connectivity index (χ1) is 10.2. The second-order valence-corrected chi connectivity index (χ2v) is 5.65. The van der Waals surface area contributed by atoms with Crippen LogP contribution < -0.4 is 11.1 Å². The Hall–Kier alpha value is -2.31. The van der Waals surface area contributed by atoms with Gasteiger partial charge in [-0.25, -0.2) is 4.98 Å². The predicted octanol–water partition coefficient (Wildman–Crippen LogP) is 3.53. The summed E-state index contributed by atoms with van der Waals surface area (Å²) >= 11 is 6.45. The number of nitrogens with zero attached hydrogens (tertiary/aromatic N) is 2. The van der Waals surface area contributed by atoms with E-state index in [4.69, 9.17) is 18.0 Å². The molecule has 0 amide bonds. The molecule has 0 atom stereocenters. The van der Waals surface area contributed by atoms with Crippen LogP contribution in [0, 0.1) is 0 Å². The number of aromatic nitrogens is 2. The average molecular weight is 312 g/mol. The Morgan fingerprint density at radius 2 is 2.05 bits per heavy atom. The molecular formula is C15H12N4S2. The number of hydrogen-bond donors (Lipinski definition) is 2. The molecule has 6 heteroatoms. The van der Waals surface area contributed by atoms with Crippen LogP contribution in [0.1, 0.15) is 0 Å². The van der Waals surface area contributed by atoms with Crippen molar-refractivity contribution in [1.82, 2.24) is 9.97 Å². The first-order valence-electron chi connectivity index (χ1n) is 6.25. The smallest absolute Gasteiger partial charge is 0.168 e. The van der Waals surface area contributed by atoms with Crippen molar-refractivity contribution in [3.63, 3.8) is 0 Å². The molecule has 0 aliphatic rings. The maximum Gasteiger partial charge on any atom is 0.168 e. The van der Waals surface area contributed by atoms with Gasteiger partial charge in [0, 0.05) is 34.6 Å². The van der Waals surface area contributed by atoms with Crippen molar-refractivity contribution in [3.8, 4) is 21.8 Å². The van der Waals surface area contributed by atoms with Crippen molar-refractivity contribution in [2.75, 3.05) is 5.32 Å². The lowest BCUT2D eigenvalue weighted by Crippen LogP contribution is -2.18. The van der Waals surface area contributed by atoms with E-state index >= 15 is 0 Å². The Morgan fingerprint density at radius 3 is 2.81 bits per heavy atom. The van der Waals surface area contributed by atoms with E-state index in [0.29, 0.717) is 0 Å². The normalized spacial score (nSPS) is 10.3. The van der Waals surface area contributed by atoms with E-state index in [9.17, 15) is 0 Å². The first-order valence-corrected chi connectivity index (χ1v) is 7.54. The molecule has 104 valence electrons. The summed E-state index contributed by atoms with van der Waals surface area (Å²) in [5, 5.41) is 6.16. The topological polar surface area (TPSA) is 63.8 Å². The van der Waals surface area contributed by atoms with Gasteiger partial charge in [0.25, 0.3) is 0 Å². The number of anilines is 1. The highest BCUT2D eigenvalue weighted by Crippen LogP contribution is 2.29. The minimum absolute atomic E-state index is 0.251. The number of nitrogens with one attached hydrogen (secondary N) is 1. The second kappa shape index (κ2) is 5.99. The lowest BCUT2D eigenvalue weighted by Gasteiger charge is -2.05. The molecule has 0 aliphatic carbocycles. The zero-order valence-corrected chi connectivity index (χ0v) is 12.6. The second-order valence-electron chi connectivity index (χ2n) is 4.35. The third-order valence-electron chi connectivity index (χ3n) is 2.84. The molecule has 21 heavy (non-hydrogen) atoms. The summed E-state index contributed by atoms with van der Waals surface area (Å²) in [5.74, 6) is 0. The van der Waals surface area contributed by atoms with Gasteiger partial charge in [-0.15, -0.1) is 11.3 Å². The van der Waals surface area contributed by atoms with Gasteiger partial charge in [-0.3, -0.25) is 4.98 Å². The molecule has 4 nitrogen and oxygen atoms in total. The van der Waals surface area contributed by atoms with E-state index < -0.39 is 0 Å². The van der Waals surface area contributed by atoms with Gasteiger partial charge < -0.3 is 11.1 Å². The molecule has 0 spiro atoms. The van der Waals surface area contributed by atoms with Crippen LogP contribution in [0.25, 0.3) is 21.8 Å². The van der Waals surface area contributed by atoms with E-state index in [1.807, 2.05) is 48.0 Å². The number of thiocarbonyl (C=S) groups is 1. The third-order valence-corrected chi connectivity index (χ3v) is 3.83. The molecule has 3 N–H and O–H groups in total. The van der Waals surface area contributed by atoms with Gasteiger partial charge in [0.1, 0.15) is 5.01 Å². The largest absolute Gasteiger partial charge is 0.376 e. The van der Waals surface area contributed by atoms with Gasteiger partial charge in [-0.2, -0.15) is 0 Å². The summed E-state index contributed by atoms with van der Waals surface area (Å²) < 4.78 is 0. The van der Waals surface area contributed by atoms with Crippen LogP contribution in [-0.2, 0) is 0 Å². The van der Waals surface area contributed by atoms with Crippen molar-refractivity contribution < 1.29 is 0 Å². The number of benzene rings is 1. The fourth-order valence-electron chi connectivity index (χ4n) is 1.93. The fraction of sp³-hybridized carbons (Fsp3) is 0. The highest BCUT2D eigenvalue weighted by Gasteiger charge is 2.07. The molecule has 0 fully saturated rings. The number of hydrogen-bond acceptors (Lipinski definition) is 4.